The molecule has 0 atom stereocenters. The minimum Gasteiger partial charge on any atom is -0.366 e. The van der Waals surface area contributed by atoms with Crippen LogP contribution in [0.25, 0.3) is 0 Å². The minimum atomic E-state index is 0.701. The van der Waals surface area contributed by atoms with Crippen LogP contribution in [0.1, 0.15) is 5.82 Å². The van der Waals surface area contributed by atoms with Crippen LogP contribution in [-0.2, 0) is 6.54 Å². The summed E-state index contributed by atoms with van der Waals surface area (Å²) in [5, 5.41) is 3.61. The van der Waals surface area contributed by atoms with Crippen molar-refractivity contribution in [2.24, 2.45) is 0 Å². The average molecular weight is 184 g/mol. The molecule has 0 saturated heterocycles. The van der Waals surface area contributed by atoms with Gasteiger partial charge in [-0.1, -0.05) is 0 Å². The molecule has 5 heteroatoms. The largest absolute Gasteiger partial charge is 0.366 e. The molecule has 4 nitrogen and oxygen atoms in total. The molecular weight excluding hydrogens is 172 g/mol. The summed E-state index contributed by atoms with van der Waals surface area (Å²) in [6.45, 7) is 0.701. The van der Waals surface area contributed by atoms with Crippen LogP contribution in [0.4, 0.5) is 0 Å². The van der Waals surface area contributed by atoms with E-state index in [2.05, 4.69) is 15.3 Å². The fourth-order valence-corrected chi connectivity index (χ4v) is 0.936. The number of nitrogens with one attached hydrogen (secondary N) is 2. The number of hydrogen-bond donors (Lipinski definition) is 2. The number of imidazole rings is 1. The lowest BCUT2D eigenvalue weighted by Crippen LogP contribution is -2.34. The maximum Gasteiger partial charge on any atom is 0.168 e. The Kier molecular flexibility index (Phi) is 3.04. The first-order valence-corrected chi connectivity index (χ1v) is 4.06. The van der Waals surface area contributed by atoms with Crippen LogP contribution in [0.5, 0.6) is 0 Å². The van der Waals surface area contributed by atoms with Gasteiger partial charge in [0.2, 0.25) is 0 Å². The van der Waals surface area contributed by atoms with E-state index in [9.17, 15) is 0 Å². The van der Waals surface area contributed by atoms with Gasteiger partial charge >= 0.3 is 0 Å². The van der Waals surface area contributed by atoms with Crippen molar-refractivity contribution >= 4 is 17.3 Å². The highest BCUT2D eigenvalue weighted by molar-refractivity contribution is 7.80. The maximum atomic E-state index is 5.02. The van der Waals surface area contributed by atoms with Crippen LogP contribution in [-0.4, -0.2) is 34.1 Å². The molecule has 0 saturated carbocycles. The second-order valence-corrected chi connectivity index (χ2v) is 2.83. The number of hydrogen-bond acceptors (Lipinski definition) is 2. The lowest BCUT2D eigenvalue weighted by atomic mass is 10.5. The summed E-state index contributed by atoms with van der Waals surface area (Å²) in [4.78, 5) is 9.01. The summed E-state index contributed by atoms with van der Waals surface area (Å²) < 4.78 is 0. The van der Waals surface area contributed by atoms with Gasteiger partial charge in [0.25, 0.3) is 0 Å². The second kappa shape index (κ2) is 4.06. The first-order valence-electron chi connectivity index (χ1n) is 3.65. The van der Waals surface area contributed by atoms with Crippen molar-refractivity contribution in [3.63, 3.8) is 0 Å². The van der Waals surface area contributed by atoms with E-state index in [1.165, 1.54) is 0 Å². The fraction of sp³-hybridized carbons (Fsp3) is 0.429. The van der Waals surface area contributed by atoms with Gasteiger partial charge in [0.1, 0.15) is 5.82 Å². The molecule has 0 amide bonds. The molecular formula is C7H12N4S. The lowest BCUT2D eigenvalue weighted by molar-refractivity contribution is 0.480. The highest BCUT2D eigenvalue weighted by Gasteiger charge is 2.03. The summed E-state index contributed by atoms with van der Waals surface area (Å²) in [6, 6.07) is 0. The van der Waals surface area contributed by atoms with Crippen molar-refractivity contribution in [2.45, 2.75) is 6.54 Å². The van der Waals surface area contributed by atoms with Crippen molar-refractivity contribution < 1.29 is 0 Å². The van der Waals surface area contributed by atoms with Gasteiger partial charge in [-0.15, -0.1) is 0 Å². The van der Waals surface area contributed by atoms with Crippen molar-refractivity contribution in [3.8, 4) is 0 Å². The summed E-state index contributed by atoms with van der Waals surface area (Å²) in [7, 11) is 3.72. The third kappa shape index (κ3) is 2.20. The molecule has 0 aliphatic carbocycles. The molecule has 0 fully saturated rings. The van der Waals surface area contributed by atoms with E-state index in [4.69, 9.17) is 12.2 Å². The number of thiocarbonyl (C=S) groups is 1. The monoisotopic (exact) mass is 184 g/mol. The molecule has 0 bridgehead atoms. The zero-order valence-electron chi connectivity index (χ0n) is 7.16. The van der Waals surface area contributed by atoms with Gasteiger partial charge in [-0.05, 0) is 12.2 Å². The molecule has 1 aromatic heterocycles. The van der Waals surface area contributed by atoms with Crippen molar-refractivity contribution in [3.05, 3.63) is 18.2 Å². The van der Waals surface area contributed by atoms with Gasteiger partial charge in [-0.2, -0.15) is 0 Å². The van der Waals surface area contributed by atoms with Crippen LogP contribution >= 0.6 is 12.2 Å². The van der Waals surface area contributed by atoms with E-state index < -0.39 is 0 Å². The molecule has 0 spiro atoms. The third-order valence-corrected chi connectivity index (χ3v) is 2.02. The zero-order chi connectivity index (χ0) is 8.97. The van der Waals surface area contributed by atoms with Gasteiger partial charge in [0, 0.05) is 26.5 Å². The van der Waals surface area contributed by atoms with Crippen molar-refractivity contribution in [1.82, 2.24) is 20.2 Å². The first kappa shape index (κ1) is 8.99. The smallest absolute Gasteiger partial charge is 0.168 e. The number of aromatic amines is 1. The van der Waals surface area contributed by atoms with Crippen LogP contribution in [0, 0.1) is 0 Å². The fourth-order valence-electron chi connectivity index (χ4n) is 0.872. The standard InChI is InChI=1S/C7H12N4S/c1-8-7(12)11(2)5-6-9-3-4-10-6/h3-4H,5H2,1-2H3,(H,8,12)(H,9,10). The molecule has 0 aromatic carbocycles. The summed E-state index contributed by atoms with van der Waals surface area (Å²) in [5.41, 5.74) is 0. The summed E-state index contributed by atoms with van der Waals surface area (Å²) >= 11 is 5.02. The van der Waals surface area contributed by atoms with Crippen molar-refractivity contribution in [2.75, 3.05) is 14.1 Å². The molecule has 1 rings (SSSR count). The normalized spacial score (nSPS) is 9.50. The van der Waals surface area contributed by atoms with Gasteiger partial charge in [0.15, 0.2) is 5.11 Å². The highest BCUT2D eigenvalue weighted by atomic mass is 32.1. The Morgan fingerprint density at radius 3 is 3.08 bits per heavy atom. The molecule has 2 N–H and O–H groups in total. The van der Waals surface area contributed by atoms with Gasteiger partial charge in [0.05, 0.1) is 6.54 Å². The minimum absolute atomic E-state index is 0.701. The van der Waals surface area contributed by atoms with E-state index in [1.807, 2.05) is 11.9 Å². The van der Waals surface area contributed by atoms with Crippen LogP contribution in [0.3, 0.4) is 0 Å². The van der Waals surface area contributed by atoms with Crippen molar-refractivity contribution in [1.29, 1.82) is 0 Å². The maximum absolute atomic E-state index is 5.02. The Hall–Kier alpha value is -1.10. The Bertz CT molecular complexity index is 244. The highest BCUT2D eigenvalue weighted by Crippen LogP contribution is 1.95. The van der Waals surface area contributed by atoms with E-state index >= 15 is 0 Å². The lowest BCUT2D eigenvalue weighted by Gasteiger charge is -2.17. The van der Waals surface area contributed by atoms with E-state index in [0.717, 1.165) is 5.82 Å². The number of nitrogens with zero attached hydrogens (tertiary/aromatic N) is 2. The molecule has 0 aliphatic rings. The van der Waals surface area contributed by atoms with Gasteiger partial charge in [-0.3, -0.25) is 0 Å². The molecule has 1 heterocycles. The molecule has 66 valence electrons. The topological polar surface area (TPSA) is 44.0 Å². The van der Waals surface area contributed by atoms with Gasteiger partial charge < -0.3 is 15.2 Å². The molecule has 12 heavy (non-hydrogen) atoms. The van der Waals surface area contributed by atoms with Crippen LogP contribution in [0.2, 0.25) is 0 Å². The van der Waals surface area contributed by atoms with E-state index in [-0.39, 0.29) is 0 Å². The van der Waals surface area contributed by atoms with Gasteiger partial charge in [-0.25, -0.2) is 4.98 Å². The Morgan fingerprint density at radius 1 is 1.83 bits per heavy atom. The zero-order valence-corrected chi connectivity index (χ0v) is 7.98. The Labute approximate surface area is 77.0 Å². The quantitative estimate of drug-likeness (QED) is 0.651. The first-order chi connectivity index (χ1) is 5.74. The molecule has 1 aromatic rings. The number of aromatic nitrogens is 2. The number of H-pyrrole nitrogens is 1. The average Bonchev–Trinajstić information content (AvgIpc) is 2.55. The summed E-state index contributed by atoms with van der Waals surface area (Å²) in [5.74, 6) is 0.912. The Morgan fingerprint density at radius 2 is 2.58 bits per heavy atom. The number of rotatable bonds is 2. The van der Waals surface area contributed by atoms with Crippen LogP contribution in [0.15, 0.2) is 12.4 Å². The predicted octanol–water partition coefficient (Wildman–Crippen LogP) is 0.346. The molecule has 0 aliphatic heterocycles. The Balaban J connectivity index is 2.47. The summed E-state index contributed by atoms with van der Waals surface area (Å²) in [6.07, 6.45) is 3.52. The predicted molar refractivity (Wildman–Crippen MR) is 51.7 cm³/mol. The molecule has 0 unspecified atom stereocenters. The third-order valence-electron chi connectivity index (χ3n) is 1.50. The second-order valence-electron chi connectivity index (χ2n) is 2.45. The van der Waals surface area contributed by atoms with Crippen LogP contribution < -0.4 is 5.32 Å². The molecule has 0 radical (unpaired) electrons. The van der Waals surface area contributed by atoms with E-state index in [1.54, 1.807) is 19.4 Å². The van der Waals surface area contributed by atoms with E-state index in [0.29, 0.717) is 11.7 Å². The SMILES string of the molecule is CNC(=S)N(C)Cc1ncc[nH]1.